The number of hydrogen-bond donors (Lipinski definition) is 1. The maximum absolute atomic E-state index is 13.5. The van der Waals surface area contributed by atoms with Crippen LogP contribution in [0.4, 0.5) is 4.39 Å². The van der Waals surface area contributed by atoms with Crippen molar-refractivity contribution in [1.82, 2.24) is 5.32 Å². The molecule has 0 bridgehead atoms. The van der Waals surface area contributed by atoms with E-state index in [9.17, 15) is 4.39 Å². The molecule has 1 nitrogen and oxygen atoms in total. The van der Waals surface area contributed by atoms with Crippen LogP contribution in [0.5, 0.6) is 0 Å². The standard InChI is InChI=1S/C17H20FN/c1-4-19-17(15-8-6-5-7-12(15)2)16-11-14(18)10-9-13(16)3/h5-11,17,19H,4H2,1-3H3. The van der Waals surface area contributed by atoms with Gasteiger partial charge >= 0.3 is 0 Å². The molecular weight excluding hydrogens is 237 g/mol. The number of hydrogen-bond acceptors (Lipinski definition) is 1. The zero-order valence-electron chi connectivity index (χ0n) is 11.7. The Labute approximate surface area is 114 Å². The second-order valence-corrected chi connectivity index (χ2v) is 4.85. The zero-order chi connectivity index (χ0) is 13.8. The van der Waals surface area contributed by atoms with Crippen LogP contribution in [0.1, 0.15) is 35.2 Å². The van der Waals surface area contributed by atoms with Crippen LogP contribution in [0.3, 0.4) is 0 Å². The Morgan fingerprint density at radius 2 is 1.68 bits per heavy atom. The van der Waals surface area contributed by atoms with Gasteiger partial charge < -0.3 is 5.32 Å². The van der Waals surface area contributed by atoms with Crippen molar-refractivity contribution in [2.75, 3.05) is 6.54 Å². The molecule has 19 heavy (non-hydrogen) atoms. The molecule has 1 unspecified atom stereocenters. The van der Waals surface area contributed by atoms with Gasteiger partial charge in [0, 0.05) is 0 Å². The molecule has 0 saturated carbocycles. The van der Waals surface area contributed by atoms with E-state index >= 15 is 0 Å². The van der Waals surface area contributed by atoms with E-state index in [1.54, 1.807) is 6.07 Å². The van der Waals surface area contributed by atoms with E-state index in [0.717, 1.165) is 17.7 Å². The van der Waals surface area contributed by atoms with Gasteiger partial charge in [0.1, 0.15) is 5.82 Å². The van der Waals surface area contributed by atoms with E-state index in [1.165, 1.54) is 17.2 Å². The van der Waals surface area contributed by atoms with Gasteiger partial charge in [0.25, 0.3) is 0 Å². The topological polar surface area (TPSA) is 12.0 Å². The number of benzene rings is 2. The van der Waals surface area contributed by atoms with Crippen LogP contribution in [0, 0.1) is 19.7 Å². The van der Waals surface area contributed by atoms with E-state index < -0.39 is 0 Å². The average Bonchev–Trinajstić information content (AvgIpc) is 2.40. The molecule has 0 aromatic heterocycles. The maximum Gasteiger partial charge on any atom is 0.123 e. The van der Waals surface area contributed by atoms with Crippen LogP contribution < -0.4 is 5.32 Å². The van der Waals surface area contributed by atoms with Gasteiger partial charge in [0.2, 0.25) is 0 Å². The Morgan fingerprint density at radius 1 is 1.00 bits per heavy atom. The lowest BCUT2D eigenvalue weighted by Gasteiger charge is -2.22. The molecule has 2 rings (SSSR count). The summed E-state index contributed by atoms with van der Waals surface area (Å²) in [5.74, 6) is -0.183. The van der Waals surface area contributed by atoms with Gasteiger partial charge in [-0.3, -0.25) is 0 Å². The Bertz CT molecular complexity index is 563. The minimum atomic E-state index is -0.183. The molecule has 1 N–H and O–H groups in total. The predicted octanol–water partition coefficient (Wildman–Crippen LogP) is 4.14. The number of rotatable bonds is 4. The van der Waals surface area contributed by atoms with Crippen LogP contribution in [-0.2, 0) is 0 Å². The molecule has 0 heterocycles. The summed E-state index contributed by atoms with van der Waals surface area (Å²) in [5, 5.41) is 3.46. The van der Waals surface area contributed by atoms with Gasteiger partial charge in [-0.25, -0.2) is 4.39 Å². The Balaban J connectivity index is 2.51. The van der Waals surface area contributed by atoms with E-state index in [0.29, 0.717) is 0 Å². The fraction of sp³-hybridized carbons (Fsp3) is 0.294. The Morgan fingerprint density at radius 3 is 2.37 bits per heavy atom. The van der Waals surface area contributed by atoms with Crippen molar-refractivity contribution in [3.63, 3.8) is 0 Å². The highest BCUT2D eigenvalue weighted by Gasteiger charge is 2.17. The molecular formula is C17H20FN. The van der Waals surface area contributed by atoms with Crippen LogP contribution in [0.25, 0.3) is 0 Å². The molecule has 2 aromatic rings. The van der Waals surface area contributed by atoms with Crippen molar-refractivity contribution < 1.29 is 4.39 Å². The zero-order valence-corrected chi connectivity index (χ0v) is 11.7. The van der Waals surface area contributed by atoms with Gasteiger partial charge in [-0.1, -0.05) is 37.3 Å². The maximum atomic E-state index is 13.5. The molecule has 0 aliphatic rings. The number of nitrogens with one attached hydrogen (secondary N) is 1. The Hall–Kier alpha value is -1.67. The van der Waals surface area contributed by atoms with Gasteiger partial charge in [0.05, 0.1) is 6.04 Å². The second-order valence-electron chi connectivity index (χ2n) is 4.85. The normalized spacial score (nSPS) is 12.4. The highest BCUT2D eigenvalue weighted by Crippen LogP contribution is 2.27. The average molecular weight is 257 g/mol. The summed E-state index contributed by atoms with van der Waals surface area (Å²) in [6.45, 7) is 7.03. The first-order chi connectivity index (χ1) is 9.13. The lowest BCUT2D eigenvalue weighted by molar-refractivity contribution is 0.599. The molecule has 0 radical (unpaired) electrons. The smallest absolute Gasteiger partial charge is 0.123 e. The predicted molar refractivity (Wildman–Crippen MR) is 77.8 cm³/mol. The third-order valence-electron chi connectivity index (χ3n) is 3.46. The minimum absolute atomic E-state index is 0.0434. The molecule has 0 saturated heterocycles. The molecule has 0 aliphatic heterocycles. The SMILES string of the molecule is CCNC(c1ccccc1C)c1cc(F)ccc1C. The van der Waals surface area contributed by atoms with E-state index in [-0.39, 0.29) is 11.9 Å². The van der Waals surface area contributed by atoms with Crippen molar-refractivity contribution in [3.05, 3.63) is 70.5 Å². The quantitative estimate of drug-likeness (QED) is 0.868. The first-order valence-electron chi connectivity index (χ1n) is 6.68. The molecule has 0 amide bonds. The minimum Gasteiger partial charge on any atom is -0.307 e. The third-order valence-corrected chi connectivity index (χ3v) is 3.46. The monoisotopic (exact) mass is 257 g/mol. The summed E-state index contributed by atoms with van der Waals surface area (Å²) in [5.41, 5.74) is 4.54. The summed E-state index contributed by atoms with van der Waals surface area (Å²) in [4.78, 5) is 0. The summed E-state index contributed by atoms with van der Waals surface area (Å²) in [6.07, 6.45) is 0. The van der Waals surface area contributed by atoms with Crippen LogP contribution >= 0.6 is 0 Å². The fourth-order valence-corrected chi connectivity index (χ4v) is 2.42. The molecule has 0 fully saturated rings. The van der Waals surface area contributed by atoms with E-state index in [4.69, 9.17) is 0 Å². The molecule has 0 aliphatic carbocycles. The molecule has 100 valence electrons. The van der Waals surface area contributed by atoms with Crippen LogP contribution in [-0.4, -0.2) is 6.54 Å². The highest BCUT2D eigenvalue weighted by molar-refractivity contribution is 5.40. The fourth-order valence-electron chi connectivity index (χ4n) is 2.42. The summed E-state index contributed by atoms with van der Waals surface area (Å²) in [7, 11) is 0. The van der Waals surface area contributed by atoms with E-state index in [1.807, 2.05) is 25.1 Å². The van der Waals surface area contributed by atoms with Gasteiger partial charge in [-0.15, -0.1) is 0 Å². The number of halogens is 1. The lowest BCUT2D eigenvalue weighted by Crippen LogP contribution is -2.23. The van der Waals surface area contributed by atoms with E-state index in [2.05, 4.69) is 31.3 Å². The largest absolute Gasteiger partial charge is 0.307 e. The lowest BCUT2D eigenvalue weighted by atomic mass is 9.92. The van der Waals surface area contributed by atoms with Crippen molar-refractivity contribution >= 4 is 0 Å². The van der Waals surface area contributed by atoms with Crippen molar-refractivity contribution in [3.8, 4) is 0 Å². The molecule has 2 aromatic carbocycles. The molecule has 0 spiro atoms. The summed E-state index contributed by atoms with van der Waals surface area (Å²) < 4.78 is 13.5. The first-order valence-corrected chi connectivity index (χ1v) is 6.68. The Kier molecular flexibility index (Phi) is 4.33. The van der Waals surface area contributed by atoms with Crippen molar-refractivity contribution in [2.45, 2.75) is 26.8 Å². The summed E-state index contributed by atoms with van der Waals surface area (Å²) in [6, 6.07) is 13.3. The van der Waals surface area contributed by atoms with Gasteiger partial charge in [-0.2, -0.15) is 0 Å². The van der Waals surface area contributed by atoms with Crippen LogP contribution in [0.2, 0.25) is 0 Å². The molecule has 1 atom stereocenters. The van der Waals surface area contributed by atoms with Gasteiger partial charge in [0.15, 0.2) is 0 Å². The number of aryl methyl sites for hydroxylation is 2. The van der Waals surface area contributed by atoms with Crippen molar-refractivity contribution in [2.24, 2.45) is 0 Å². The third kappa shape index (κ3) is 3.02. The van der Waals surface area contributed by atoms with Crippen LogP contribution in [0.15, 0.2) is 42.5 Å². The summed E-state index contributed by atoms with van der Waals surface area (Å²) >= 11 is 0. The molecule has 2 heteroatoms. The van der Waals surface area contributed by atoms with Crippen molar-refractivity contribution in [1.29, 1.82) is 0 Å². The second kappa shape index (κ2) is 5.98. The highest BCUT2D eigenvalue weighted by atomic mass is 19.1. The van der Waals surface area contributed by atoms with Gasteiger partial charge in [-0.05, 0) is 54.8 Å². The first kappa shape index (κ1) is 13.8.